The van der Waals surface area contributed by atoms with Crippen molar-refractivity contribution in [1.82, 2.24) is 29.7 Å². The van der Waals surface area contributed by atoms with Crippen LogP contribution in [0.3, 0.4) is 0 Å². The quantitative estimate of drug-likeness (QED) is 0.368. The van der Waals surface area contributed by atoms with Gasteiger partial charge in [-0.15, -0.1) is 0 Å². The van der Waals surface area contributed by atoms with Crippen molar-refractivity contribution in [2.24, 2.45) is 0 Å². The molecule has 11 heteroatoms. The van der Waals surface area contributed by atoms with Crippen molar-refractivity contribution in [1.29, 1.82) is 0 Å². The van der Waals surface area contributed by atoms with E-state index in [9.17, 15) is 24.0 Å². The lowest BCUT2D eigenvalue weighted by atomic mass is 10.1. The number of benzene rings is 2. The van der Waals surface area contributed by atoms with Crippen LogP contribution in [-0.4, -0.2) is 65.8 Å². The summed E-state index contributed by atoms with van der Waals surface area (Å²) in [6.07, 6.45) is 9.73. The predicted molar refractivity (Wildman–Crippen MR) is 144 cm³/mol. The number of carbonyl (C=O) groups is 5. The van der Waals surface area contributed by atoms with Crippen molar-refractivity contribution in [3.63, 3.8) is 0 Å². The second kappa shape index (κ2) is 12.6. The van der Waals surface area contributed by atoms with Crippen molar-refractivity contribution in [3.8, 4) is 0 Å². The number of imidazole rings is 2. The van der Waals surface area contributed by atoms with Gasteiger partial charge in [0.15, 0.2) is 0 Å². The molecule has 2 N–H and O–H groups in total. The number of amides is 5. The fourth-order valence-corrected chi connectivity index (χ4v) is 4.26. The minimum atomic E-state index is -0.545. The lowest BCUT2D eigenvalue weighted by Crippen LogP contribution is -2.33. The van der Waals surface area contributed by atoms with Gasteiger partial charge in [0.05, 0.1) is 34.9 Å². The number of fused-ring (bicyclic) bond motifs is 2. The third kappa shape index (κ3) is 5.93. The summed E-state index contributed by atoms with van der Waals surface area (Å²) in [4.78, 5) is 73.9. The van der Waals surface area contributed by atoms with Crippen LogP contribution in [0.2, 0.25) is 0 Å². The van der Waals surface area contributed by atoms with Crippen LogP contribution in [0.15, 0.2) is 73.6 Å². The smallest absolute Gasteiger partial charge is 0.268 e. The maximum atomic E-state index is 12.0. The van der Waals surface area contributed by atoms with Gasteiger partial charge in [0.1, 0.15) is 0 Å². The maximum Gasteiger partial charge on any atom is 0.268 e. The standard InChI is InChI=1S/C13H11N3O2.C10H7NO3.C6H10N2/c17-12-10-3-1-2-4-11(10)13(18)16(12)6-5-9-7-14-8-15-9;1-6(12)11-9(13)7-4-2-3-5-8(7)10(11)14;1-2-3-6-4-7-5-8-6/h1-4,7-8H,5-6H2,(H,14,15);2-5H,1H3;4-5H,2-3H2,1H3,(H,7,8). The molecule has 0 unspecified atom stereocenters. The van der Waals surface area contributed by atoms with Gasteiger partial charge in [0, 0.05) is 43.7 Å². The summed E-state index contributed by atoms with van der Waals surface area (Å²) in [6, 6.07) is 13.3. The Morgan fingerprint density at radius 1 is 0.700 bits per heavy atom. The number of hydrogen-bond acceptors (Lipinski definition) is 7. The Bertz CT molecular complexity index is 1460. The number of hydrogen-bond donors (Lipinski definition) is 2. The van der Waals surface area contributed by atoms with Crippen LogP contribution in [0.5, 0.6) is 0 Å². The van der Waals surface area contributed by atoms with Crippen molar-refractivity contribution in [2.75, 3.05) is 6.54 Å². The van der Waals surface area contributed by atoms with Crippen LogP contribution < -0.4 is 0 Å². The van der Waals surface area contributed by atoms with Crippen LogP contribution in [0.25, 0.3) is 0 Å². The first kappa shape index (κ1) is 27.8. The molecule has 204 valence electrons. The van der Waals surface area contributed by atoms with Crippen molar-refractivity contribution in [2.45, 2.75) is 33.1 Å². The first-order chi connectivity index (χ1) is 19.3. The molecule has 0 spiro atoms. The molecule has 4 aromatic rings. The maximum absolute atomic E-state index is 12.0. The predicted octanol–water partition coefficient (Wildman–Crippen LogP) is 3.44. The molecule has 0 aliphatic carbocycles. The molecule has 4 heterocycles. The molecule has 0 saturated heterocycles. The van der Waals surface area contributed by atoms with Crippen LogP contribution in [0.1, 0.15) is 73.1 Å². The average molecular weight is 541 g/mol. The monoisotopic (exact) mass is 540 g/mol. The Morgan fingerprint density at radius 2 is 1.12 bits per heavy atom. The Labute approximate surface area is 230 Å². The van der Waals surface area contributed by atoms with E-state index in [2.05, 4.69) is 26.9 Å². The zero-order valence-electron chi connectivity index (χ0n) is 22.1. The fourth-order valence-electron chi connectivity index (χ4n) is 4.26. The second-order valence-corrected chi connectivity index (χ2v) is 8.97. The van der Waals surface area contributed by atoms with E-state index >= 15 is 0 Å². The molecule has 5 amide bonds. The third-order valence-electron chi connectivity index (χ3n) is 6.22. The van der Waals surface area contributed by atoms with Gasteiger partial charge in [-0.3, -0.25) is 28.9 Å². The van der Waals surface area contributed by atoms with E-state index < -0.39 is 17.7 Å². The van der Waals surface area contributed by atoms with E-state index in [1.807, 2.05) is 6.20 Å². The Morgan fingerprint density at radius 3 is 1.50 bits per heavy atom. The van der Waals surface area contributed by atoms with Crippen molar-refractivity contribution < 1.29 is 24.0 Å². The van der Waals surface area contributed by atoms with Crippen LogP contribution in [0.4, 0.5) is 0 Å². The molecule has 0 bridgehead atoms. The fraction of sp³-hybridized carbons (Fsp3) is 0.207. The molecular weight excluding hydrogens is 512 g/mol. The largest absolute Gasteiger partial charge is 0.348 e. The first-order valence-corrected chi connectivity index (χ1v) is 12.7. The summed E-state index contributed by atoms with van der Waals surface area (Å²) < 4.78 is 0. The summed E-state index contributed by atoms with van der Waals surface area (Å²) >= 11 is 0. The van der Waals surface area contributed by atoms with Gasteiger partial charge >= 0.3 is 0 Å². The normalized spacial score (nSPS) is 13.3. The van der Waals surface area contributed by atoms with E-state index in [1.54, 1.807) is 67.4 Å². The highest BCUT2D eigenvalue weighted by Gasteiger charge is 2.37. The molecule has 40 heavy (non-hydrogen) atoms. The zero-order valence-corrected chi connectivity index (χ0v) is 22.1. The molecule has 2 aromatic heterocycles. The van der Waals surface area contributed by atoms with E-state index in [4.69, 9.17) is 0 Å². The molecule has 0 radical (unpaired) electrons. The van der Waals surface area contributed by atoms with Gasteiger partial charge in [0.2, 0.25) is 5.91 Å². The number of imide groups is 4. The number of aromatic nitrogens is 4. The summed E-state index contributed by atoms with van der Waals surface area (Å²) in [5.74, 6) is -2.03. The van der Waals surface area contributed by atoms with Gasteiger partial charge in [-0.05, 0) is 30.7 Å². The summed E-state index contributed by atoms with van der Waals surface area (Å²) in [5, 5.41) is 0. The number of nitrogens with one attached hydrogen (secondary N) is 2. The zero-order chi connectivity index (χ0) is 28.6. The SMILES string of the molecule is CC(=O)N1C(=O)c2ccccc2C1=O.CCCc1cnc[nH]1.O=C1c2ccccc2C(=O)N1CCc1cnc[nH]1. The minimum absolute atomic E-state index is 0.213. The highest BCUT2D eigenvalue weighted by Crippen LogP contribution is 2.23. The third-order valence-corrected chi connectivity index (χ3v) is 6.22. The number of H-pyrrole nitrogens is 2. The van der Waals surface area contributed by atoms with E-state index in [0.717, 1.165) is 12.1 Å². The highest BCUT2D eigenvalue weighted by molar-refractivity contribution is 6.28. The van der Waals surface area contributed by atoms with Gasteiger partial charge in [-0.1, -0.05) is 37.6 Å². The van der Waals surface area contributed by atoms with Gasteiger partial charge in [-0.25, -0.2) is 14.9 Å². The molecule has 11 nitrogen and oxygen atoms in total. The molecule has 2 aliphatic heterocycles. The second-order valence-electron chi connectivity index (χ2n) is 8.97. The number of nitrogens with zero attached hydrogens (tertiary/aromatic N) is 4. The molecule has 0 saturated carbocycles. The minimum Gasteiger partial charge on any atom is -0.348 e. The highest BCUT2D eigenvalue weighted by atomic mass is 16.2. The molecule has 2 aliphatic rings. The average Bonchev–Trinajstić information content (AvgIpc) is 3.75. The molecule has 2 aromatic carbocycles. The van der Waals surface area contributed by atoms with Crippen molar-refractivity contribution >= 4 is 29.5 Å². The molecule has 0 fully saturated rings. The van der Waals surface area contributed by atoms with E-state index in [-0.39, 0.29) is 11.8 Å². The van der Waals surface area contributed by atoms with Crippen LogP contribution in [0, 0.1) is 0 Å². The Kier molecular flexibility index (Phi) is 8.75. The summed E-state index contributed by atoms with van der Waals surface area (Å²) in [7, 11) is 0. The summed E-state index contributed by atoms with van der Waals surface area (Å²) in [6.45, 7) is 3.72. The summed E-state index contributed by atoms with van der Waals surface area (Å²) in [5.41, 5.74) is 3.72. The van der Waals surface area contributed by atoms with E-state index in [0.29, 0.717) is 40.1 Å². The van der Waals surface area contributed by atoms with Gasteiger partial charge in [0.25, 0.3) is 23.6 Å². The van der Waals surface area contributed by atoms with Crippen LogP contribution in [-0.2, 0) is 17.6 Å². The lowest BCUT2D eigenvalue weighted by Gasteiger charge is -2.12. The number of rotatable bonds is 5. The molecular formula is C29H28N6O5. The number of carbonyl (C=O) groups excluding carboxylic acids is 5. The van der Waals surface area contributed by atoms with Crippen molar-refractivity contribution in [3.05, 3.63) is 107 Å². The molecule has 6 rings (SSSR count). The van der Waals surface area contributed by atoms with Gasteiger partial charge < -0.3 is 9.97 Å². The van der Waals surface area contributed by atoms with E-state index in [1.165, 1.54) is 23.9 Å². The Hall–Kier alpha value is -5.19. The number of aryl methyl sites for hydroxylation is 1. The lowest BCUT2D eigenvalue weighted by molar-refractivity contribution is -0.124. The van der Waals surface area contributed by atoms with Gasteiger partial charge in [-0.2, -0.15) is 0 Å². The Balaban J connectivity index is 0.000000149. The van der Waals surface area contributed by atoms with Crippen LogP contribution >= 0.6 is 0 Å². The number of aromatic amines is 2. The topological polar surface area (TPSA) is 149 Å². The first-order valence-electron chi connectivity index (χ1n) is 12.7. The molecule has 0 atom stereocenters.